The van der Waals surface area contributed by atoms with Gasteiger partial charge in [0.05, 0.1) is 37.4 Å². The molecule has 0 unspecified atom stereocenters. The number of pyridine rings is 1. The molecule has 0 spiro atoms. The van der Waals surface area contributed by atoms with E-state index in [9.17, 15) is 19.1 Å². The number of aliphatic hydroxyl groups is 1. The summed E-state index contributed by atoms with van der Waals surface area (Å²) in [4.78, 5) is 28.5. The molecule has 160 valence electrons. The van der Waals surface area contributed by atoms with E-state index in [4.69, 9.17) is 4.74 Å². The van der Waals surface area contributed by atoms with E-state index in [0.29, 0.717) is 25.1 Å². The topological polar surface area (TPSA) is 113 Å². The maximum absolute atomic E-state index is 13.0. The number of nitrogens with one attached hydrogen (secondary N) is 3. The molecule has 1 saturated heterocycles. The van der Waals surface area contributed by atoms with Crippen molar-refractivity contribution < 1.29 is 23.8 Å². The Morgan fingerprint density at radius 3 is 2.67 bits per heavy atom. The van der Waals surface area contributed by atoms with Crippen molar-refractivity contribution in [2.45, 2.75) is 44.1 Å². The minimum Gasteiger partial charge on any atom is -0.394 e. The van der Waals surface area contributed by atoms with Crippen LogP contribution in [0.15, 0.2) is 48.7 Å². The van der Waals surface area contributed by atoms with Gasteiger partial charge in [-0.25, -0.2) is 9.18 Å². The molecule has 0 bridgehead atoms. The molecule has 3 amide bonds. The third-order valence-corrected chi connectivity index (χ3v) is 4.82. The van der Waals surface area contributed by atoms with Crippen LogP contribution < -0.4 is 16.0 Å². The summed E-state index contributed by atoms with van der Waals surface area (Å²) in [7, 11) is 0. The maximum Gasteiger partial charge on any atom is 0.319 e. The van der Waals surface area contributed by atoms with Crippen LogP contribution in [-0.4, -0.2) is 46.9 Å². The Morgan fingerprint density at radius 2 is 1.97 bits per heavy atom. The lowest BCUT2D eigenvalue weighted by Crippen LogP contribution is -2.52. The molecular formula is C21H25FN4O4. The lowest BCUT2D eigenvalue weighted by molar-refractivity contribution is -0.130. The first-order chi connectivity index (χ1) is 14.5. The van der Waals surface area contributed by atoms with Crippen LogP contribution in [-0.2, 0) is 16.1 Å². The summed E-state index contributed by atoms with van der Waals surface area (Å²) in [6.07, 6.45) is 1.99. The number of hydrogen-bond donors (Lipinski definition) is 4. The normalized spacial score (nSPS) is 20.9. The summed E-state index contributed by atoms with van der Waals surface area (Å²) in [5, 5.41) is 17.8. The Hall–Kier alpha value is -3.04. The number of anilines is 1. The molecule has 4 N–H and O–H groups in total. The van der Waals surface area contributed by atoms with E-state index in [1.54, 1.807) is 12.3 Å². The Labute approximate surface area is 173 Å². The first-order valence-corrected chi connectivity index (χ1v) is 9.79. The predicted octanol–water partition coefficient (Wildman–Crippen LogP) is 1.96. The Balaban J connectivity index is 1.44. The highest BCUT2D eigenvalue weighted by Gasteiger charge is 2.32. The van der Waals surface area contributed by atoms with Gasteiger partial charge in [0, 0.05) is 11.9 Å². The summed E-state index contributed by atoms with van der Waals surface area (Å²) in [6.45, 7) is 0.0527. The molecule has 1 aromatic carbocycles. The van der Waals surface area contributed by atoms with Gasteiger partial charge in [-0.05, 0) is 49.2 Å². The number of benzene rings is 1. The summed E-state index contributed by atoms with van der Waals surface area (Å²) in [6, 6.07) is 10.0. The molecule has 0 radical (unpaired) electrons. The van der Waals surface area contributed by atoms with E-state index in [2.05, 4.69) is 20.9 Å². The molecule has 1 aliphatic rings. The number of aromatic nitrogens is 1. The van der Waals surface area contributed by atoms with Gasteiger partial charge in [0.1, 0.15) is 11.9 Å². The number of aliphatic hydroxyl groups excluding tert-OH is 1. The van der Waals surface area contributed by atoms with Crippen LogP contribution in [0.2, 0.25) is 0 Å². The van der Waals surface area contributed by atoms with Crippen molar-refractivity contribution in [2.75, 3.05) is 11.9 Å². The first kappa shape index (κ1) is 21.7. The van der Waals surface area contributed by atoms with Crippen molar-refractivity contribution in [1.82, 2.24) is 15.6 Å². The summed E-state index contributed by atoms with van der Waals surface area (Å²) >= 11 is 0. The molecule has 1 fully saturated rings. The SMILES string of the molecule is O=C(C[C@H]1CC[C@@H](NC(=O)Nc2ccc(F)cc2)[C@@H](CO)O1)NCc1ccccn1. The van der Waals surface area contributed by atoms with Crippen LogP contribution in [0, 0.1) is 5.82 Å². The van der Waals surface area contributed by atoms with Crippen molar-refractivity contribution in [3.05, 3.63) is 60.2 Å². The third-order valence-electron chi connectivity index (χ3n) is 4.82. The number of carbonyl (C=O) groups excluding carboxylic acids is 2. The molecule has 2 heterocycles. The molecule has 3 atom stereocenters. The number of carbonyl (C=O) groups is 2. The average Bonchev–Trinajstić information content (AvgIpc) is 2.75. The molecule has 9 heteroatoms. The molecule has 1 aromatic heterocycles. The first-order valence-electron chi connectivity index (χ1n) is 9.79. The minimum absolute atomic E-state index is 0.164. The van der Waals surface area contributed by atoms with Crippen LogP contribution >= 0.6 is 0 Å². The van der Waals surface area contributed by atoms with Gasteiger partial charge in [-0.3, -0.25) is 9.78 Å². The van der Waals surface area contributed by atoms with Gasteiger partial charge in [-0.15, -0.1) is 0 Å². The zero-order chi connectivity index (χ0) is 21.3. The number of rotatable bonds is 7. The lowest BCUT2D eigenvalue weighted by atomic mass is 9.97. The molecule has 2 aromatic rings. The molecule has 30 heavy (non-hydrogen) atoms. The van der Waals surface area contributed by atoms with Crippen molar-refractivity contribution >= 4 is 17.6 Å². The monoisotopic (exact) mass is 416 g/mol. The largest absolute Gasteiger partial charge is 0.394 e. The highest BCUT2D eigenvalue weighted by atomic mass is 19.1. The summed E-state index contributed by atoms with van der Waals surface area (Å²) in [5.41, 5.74) is 1.22. The van der Waals surface area contributed by atoms with Crippen molar-refractivity contribution in [1.29, 1.82) is 0 Å². The van der Waals surface area contributed by atoms with Gasteiger partial charge in [-0.1, -0.05) is 6.07 Å². The zero-order valence-corrected chi connectivity index (χ0v) is 16.4. The van der Waals surface area contributed by atoms with E-state index in [1.165, 1.54) is 24.3 Å². The van der Waals surface area contributed by atoms with E-state index >= 15 is 0 Å². The van der Waals surface area contributed by atoms with E-state index < -0.39 is 24.0 Å². The van der Waals surface area contributed by atoms with Crippen molar-refractivity contribution in [2.24, 2.45) is 0 Å². The zero-order valence-electron chi connectivity index (χ0n) is 16.4. The molecule has 0 saturated carbocycles. The second-order valence-electron chi connectivity index (χ2n) is 7.07. The Bertz CT molecular complexity index is 835. The average molecular weight is 416 g/mol. The number of urea groups is 1. The number of ether oxygens (including phenoxy) is 1. The van der Waals surface area contributed by atoms with Gasteiger partial charge in [0.2, 0.25) is 5.91 Å². The van der Waals surface area contributed by atoms with Gasteiger partial charge in [-0.2, -0.15) is 0 Å². The fraction of sp³-hybridized carbons (Fsp3) is 0.381. The number of nitrogens with zero attached hydrogens (tertiary/aromatic N) is 1. The fourth-order valence-electron chi connectivity index (χ4n) is 3.29. The van der Waals surface area contributed by atoms with Gasteiger partial charge in [0.15, 0.2) is 0 Å². The van der Waals surface area contributed by atoms with Gasteiger partial charge in [0.25, 0.3) is 0 Å². The highest BCUT2D eigenvalue weighted by Crippen LogP contribution is 2.22. The van der Waals surface area contributed by atoms with Crippen LogP contribution in [0.1, 0.15) is 25.0 Å². The minimum atomic E-state index is -0.619. The fourth-order valence-corrected chi connectivity index (χ4v) is 3.29. The van der Waals surface area contributed by atoms with Crippen LogP contribution in [0.4, 0.5) is 14.9 Å². The molecule has 8 nitrogen and oxygen atoms in total. The predicted molar refractivity (Wildman–Crippen MR) is 108 cm³/mol. The van der Waals surface area contributed by atoms with Gasteiger partial charge < -0.3 is 25.8 Å². The van der Waals surface area contributed by atoms with E-state index in [1.807, 2.05) is 12.1 Å². The Kier molecular flexibility index (Phi) is 7.69. The molecule has 3 rings (SSSR count). The van der Waals surface area contributed by atoms with Crippen molar-refractivity contribution in [3.63, 3.8) is 0 Å². The quantitative estimate of drug-likeness (QED) is 0.551. The van der Waals surface area contributed by atoms with Gasteiger partial charge >= 0.3 is 6.03 Å². The highest BCUT2D eigenvalue weighted by molar-refractivity contribution is 5.89. The van der Waals surface area contributed by atoms with E-state index in [0.717, 1.165) is 5.69 Å². The number of hydrogen-bond acceptors (Lipinski definition) is 5. The number of halogens is 1. The smallest absolute Gasteiger partial charge is 0.319 e. The second kappa shape index (κ2) is 10.7. The molecular weight excluding hydrogens is 391 g/mol. The molecule has 1 aliphatic heterocycles. The van der Waals surface area contributed by atoms with Crippen molar-refractivity contribution in [3.8, 4) is 0 Å². The third kappa shape index (κ3) is 6.50. The summed E-state index contributed by atoms with van der Waals surface area (Å²) < 4.78 is 18.8. The Morgan fingerprint density at radius 1 is 1.17 bits per heavy atom. The second-order valence-corrected chi connectivity index (χ2v) is 7.07. The van der Waals surface area contributed by atoms with Crippen LogP contribution in [0.25, 0.3) is 0 Å². The summed E-state index contributed by atoms with van der Waals surface area (Å²) in [5.74, 6) is -0.556. The van der Waals surface area contributed by atoms with Crippen LogP contribution in [0.3, 0.4) is 0 Å². The van der Waals surface area contributed by atoms with Crippen LogP contribution in [0.5, 0.6) is 0 Å². The van der Waals surface area contributed by atoms with E-state index in [-0.39, 0.29) is 25.0 Å². The lowest BCUT2D eigenvalue weighted by Gasteiger charge is -2.35. The molecule has 0 aliphatic carbocycles. The maximum atomic E-state index is 13.0. The number of amides is 3. The standard InChI is InChI=1S/C21H25FN4O4/c22-14-4-6-15(7-5-14)25-21(29)26-18-9-8-17(30-19(18)13-27)11-20(28)24-12-16-3-1-2-10-23-16/h1-7,10,17-19,27H,8-9,11-13H2,(H,24,28)(H2,25,26,29)/t17-,18-,19-/m1/s1.